The van der Waals surface area contributed by atoms with Gasteiger partial charge in [-0.05, 0) is 83.2 Å². The Morgan fingerprint density at radius 1 is 0.729 bits per heavy atom. The van der Waals surface area contributed by atoms with E-state index in [0.29, 0.717) is 43.5 Å². The Kier molecular flexibility index (Phi) is 19.0. The molecule has 2 aliphatic heterocycles. The molecular weight excluding hydrogens is 902 g/mol. The number of ether oxygens (including phenoxy) is 3. The van der Waals surface area contributed by atoms with Gasteiger partial charge in [0.1, 0.15) is 29.0 Å². The normalized spacial score (nSPS) is 12.3. The Bertz CT molecular complexity index is 2620. The van der Waals surface area contributed by atoms with E-state index in [1.807, 2.05) is 60.7 Å². The number of esters is 2. The van der Waals surface area contributed by atoms with Crippen LogP contribution in [0, 0.1) is 5.82 Å². The monoisotopic (exact) mass is 965 g/mol. The van der Waals surface area contributed by atoms with Crippen molar-refractivity contribution in [3.05, 3.63) is 124 Å². The SMILES string of the molecule is CC(=O)NC(CC(=O)OC(C)(C)C)C(=O)NCC(=O)NC(CC(=O)OC(C)(C)C)C(=O)NCCCCCCOc1ccc(Cc2nc3c(Cc4ccccc4)[nH]c(-c4ccccc4)cn-3c2=O)cc1F. The molecule has 0 spiro atoms. The van der Waals surface area contributed by atoms with Crippen LogP contribution in [-0.4, -0.2) is 93.1 Å². The lowest BCUT2D eigenvalue weighted by Crippen LogP contribution is -2.53. The molecule has 3 aromatic carbocycles. The van der Waals surface area contributed by atoms with E-state index in [2.05, 4.69) is 26.3 Å². The van der Waals surface area contributed by atoms with Crippen molar-refractivity contribution in [1.82, 2.24) is 35.8 Å². The summed E-state index contributed by atoms with van der Waals surface area (Å²) in [5, 5.41) is 9.89. The van der Waals surface area contributed by atoms with Gasteiger partial charge in [0.25, 0.3) is 5.56 Å². The van der Waals surface area contributed by atoms with Crippen molar-refractivity contribution in [3.63, 3.8) is 0 Å². The smallest absolute Gasteiger partial charge is 0.308 e. The zero-order valence-electron chi connectivity index (χ0n) is 40.9. The van der Waals surface area contributed by atoms with Crippen LogP contribution in [0.2, 0.25) is 0 Å². The number of amides is 4. The van der Waals surface area contributed by atoms with E-state index in [-0.39, 0.29) is 36.6 Å². The summed E-state index contributed by atoms with van der Waals surface area (Å²) in [7, 11) is 0. The fraction of sp³-hybridized carbons (Fsp3) is 0.423. The van der Waals surface area contributed by atoms with Crippen LogP contribution in [0.25, 0.3) is 17.1 Å². The van der Waals surface area contributed by atoms with Gasteiger partial charge >= 0.3 is 11.9 Å². The molecule has 0 aromatic heterocycles. The number of imidazole rings is 1. The molecule has 2 atom stereocenters. The van der Waals surface area contributed by atoms with Crippen LogP contribution in [-0.2, 0) is 51.1 Å². The number of rotatable bonds is 23. The first-order valence-corrected chi connectivity index (χ1v) is 23.3. The number of halogens is 1. The number of carbonyl (C=O) groups excluding carboxylic acids is 6. The highest BCUT2D eigenvalue weighted by Crippen LogP contribution is 2.25. The van der Waals surface area contributed by atoms with Crippen molar-refractivity contribution in [2.45, 2.75) is 123 Å². The summed E-state index contributed by atoms with van der Waals surface area (Å²) in [6.45, 7) is 10.9. The van der Waals surface area contributed by atoms with Crippen LogP contribution in [0.4, 0.5) is 4.39 Å². The number of carbonyl (C=O) groups is 6. The maximum absolute atomic E-state index is 15.3. The first-order valence-electron chi connectivity index (χ1n) is 23.3. The maximum Gasteiger partial charge on any atom is 0.308 e. The molecule has 4 amide bonds. The number of fused-ring (bicyclic) bond motifs is 1. The lowest BCUT2D eigenvalue weighted by molar-refractivity contribution is -0.157. The Morgan fingerprint density at radius 3 is 1.94 bits per heavy atom. The second-order valence-corrected chi connectivity index (χ2v) is 18.9. The zero-order valence-corrected chi connectivity index (χ0v) is 40.9. The fourth-order valence-corrected chi connectivity index (χ4v) is 7.34. The number of aromatic nitrogens is 3. The number of H-pyrrole nitrogens is 1. The van der Waals surface area contributed by atoms with Gasteiger partial charge in [0.15, 0.2) is 17.4 Å². The maximum atomic E-state index is 15.3. The largest absolute Gasteiger partial charge is 0.491 e. The Labute approximate surface area is 407 Å². The molecule has 0 saturated carbocycles. The second kappa shape index (κ2) is 24.8. The first kappa shape index (κ1) is 53.6. The van der Waals surface area contributed by atoms with Crippen LogP contribution in [0.15, 0.2) is 89.9 Å². The zero-order chi connectivity index (χ0) is 51.0. The quantitative estimate of drug-likeness (QED) is 0.0399. The molecule has 17 nitrogen and oxygen atoms in total. The van der Waals surface area contributed by atoms with E-state index in [4.69, 9.17) is 19.2 Å². The predicted octanol–water partition coefficient (Wildman–Crippen LogP) is 5.61. The number of nitrogens with one attached hydrogen (secondary N) is 5. The molecule has 0 bridgehead atoms. The third kappa shape index (κ3) is 17.3. The third-order valence-electron chi connectivity index (χ3n) is 10.4. The lowest BCUT2D eigenvalue weighted by atomic mass is 10.1. The molecular formula is C52H64FN7O10. The average Bonchev–Trinajstić information content (AvgIpc) is 3.59. The van der Waals surface area contributed by atoms with E-state index in [1.54, 1.807) is 58.4 Å². The van der Waals surface area contributed by atoms with Gasteiger partial charge in [0.05, 0.1) is 37.4 Å². The molecule has 374 valence electrons. The van der Waals surface area contributed by atoms with E-state index in [1.165, 1.54) is 19.1 Å². The molecule has 0 radical (unpaired) electrons. The highest BCUT2D eigenvalue weighted by atomic mass is 19.1. The molecule has 18 heteroatoms. The van der Waals surface area contributed by atoms with Gasteiger partial charge in [-0.2, -0.15) is 0 Å². The molecule has 2 heterocycles. The van der Waals surface area contributed by atoms with Crippen LogP contribution in [0.5, 0.6) is 5.75 Å². The topological polar surface area (TPSA) is 229 Å². The number of aromatic amines is 1. The van der Waals surface area contributed by atoms with E-state index >= 15 is 4.39 Å². The van der Waals surface area contributed by atoms with Crippen molar-refractivity contribution in [2.24, 2.45) is 0 Å². The summed E-state index contributed by atoms with van der Waals surface area (Å²) >= 11 is 0. The standard InChI is InChI=1S/C52H64FN7O10/c1-33(61)56-39(29-45(63)69-51(2,3)4)49(66)55-31-44(62)58-40(30-46(64)70-52(5,6)7)48(65)54-24-16-8-9-17-25-68-43-23-22-35(26-37(43)53)28-41-50(67)60-32-42(36-20-14-11-15-21-36)57-38(47(60)59-41)27-34-18-12-10-13-19-34/h10-15,18-23,26,32,39-40,57H,8-9,16-17,24-25,27-31H2,1-7H3,(H,54,65)(H,55,66)(H,56,61)(H,58,62). The summed E-state index contributed by atoms with van der Waals surface area (Å²) in [4.78, 5) is 97.8. The van der Waals surface area contributed by atoms with Gasteiger partial charge in [-0.3, -0.25) is 38.1 Å². The lowest BCUT2D eigenvalue weighted by Gasteiger charge is -2.23. The molecule has 0 saturated heterocycles. The minimum absolute atomic E-state index is 0.0756. The highest BCUT2D eigenvalue weighted by molar-refractivity contribution is 5.95. The van der Waals surface area contributed by atoms with Crippen molar-refractivity contribution in [2.75, 3.05) is 19.7 Å². The van der Waals surface area contributed by atoms with Gasteiger partial charge in [0.2, 0.25) is 23.6 Å². The molecule has 70 heavy (non-hydrogen) atoms. The van der Waals surface area contributed by atoms with Crippen molar-refractivity contribution >= 4 is 35.6 Å². The number of unbranched alkanes of at least 4 members (excludes halogenated alkanes) is 3. The summed E-state index contributed by atoms with van der Waals surface area (Å²) in [5.41, 5.74) is 2.39. The summed E-state index contributed by atoms with van der Waals surface area (Å²) < 4.78 is 33.2. The van der Waals surface area contributed by atoms with E-state index in [9.17, 15) is 33.6 Å². The molecule has 5 rings (SSSR count). The van der Waals surface area contributed by atoms with E-state index < -0.39 is 84.1 Å². The Balaban J connectivity index is 1.09. The molecule has 2 unspecified atom stereocenters. The second-order valence-electron chi connectivity index (χ2n) is 18.9. The fourth-order valence-electron chi connectivity index (χ4n) is 7.34. The van der Waals surface area contributed by atoms with Crippen LogP contribution < -0.4 is 31.6 Å². The highest BCUT2D eigenvalue weighted by Gasteiger charge is 2.30. The van der Waals surface area contributed by atoms with Gasteiger partial charge in [-0.1, -0.05) is 79.6 Å². The number of benzene rings is 3. The molecule has 0 aliphatic carbocycles. The summed E-state index contributed by atoms with van der Waals surface area (Å²) in [5.74, 6) is -4.34. The van der Waals surface area contributed by atoms with Gasteiger partial charge in [0, 0.05) is 32.5 Å². The number of hydrogen-bond donors (Lipinski definition) is 5. The van der Waals surface area contributed by atoms with Crippen LogP contribution in [0.3, 0.4) is 0 Å². The third-order valence-corrected chi connectivity index (χ3v) is 10.4. The van der Waals surface area contributed by atoms with Crippen molar-refractivity contribution in [1.29, 1.82) is 0 Å². The molecule has 0 fully saturated rings. The van der Waals surface area contributed by atoms with Crippen LogP contribution >= 0.6 is 0 Å². The number of hydrogen-bond acceptors (Lipinski definition) is 11. The first-order chi connectivity index (χ1) is 33.1. The van der Waals surface area contributed by atoms with Gasteiger partial charge < -0.3 is 40.5 Å². The molecule has 2 aliphatic rings. The Hall–Kier alpha value is -7.37. The van der Waals surface area contributed by atoms with Gasteiger partial charge in [-0.25, -0.2) is 9.37 Å². The summed E-state index contributed by atoms with van der Waals surface area (Å²) in [6.07, 6.45) is 3.91. The van der Waals surface area contributed by atoms with Crippen LogP contribution in [0.1, 0.15) is 110 Å². The minimum atomic E-state index is -1.34. The Morgan fingerprint density at radius 2 is 1.33 bits per heavy atom. The number of nitrogens with zero attached hydrogens (tertiary/aromatic N) is 2. The van der Waals surface area contributed by atoms with E-state index in [0.717, 1.165) is 22.5 Å². The van der Waals surface area contributed by atoms with Crippen molar-refractivity contribution < 1.29 is 47.4 Å². The van der Waals surface area contributed by atoms with Crippen molar-refractivity contribution in [3.8, 4) is 22.8 Å². The van der Waals surface area contributed by atoms with Gasteiger partial charge in [-0.15, -0.1) is 0 Å². The molecule has 3 aromatic rings. The minimum Gasteiger partial charge on any atom is -0.491 e. The molecule has 5 N–H and O–H groups in total. The average molecular weight is 966 g/mol. The predicted molar refractivity (Wildman–Crippen MR) is 260 cm³/mol. The summed E-state index contributed by atoms with van der Waals surface area (Å²) in [6, 6.07) is 21.5.